The van der Waals surface area contributed by atoms with E-state index in [1.54, 1.807) is 0 Å². The summed E-state index contributed by atoms with van der Waals surface area (Å²) in [6, 6.07) is 2.73. The van der Waals surface area contributed by atoms with E-state index in [1.165, 1.54) is 11.0 Å². The Morgan fingerprint density at radius 1 is 1.23 bits per heavy atom. The summed E-state index contributed by atoms with van der Waals surface area (Å²) in [5.74, 6) is -1.68. The lowest BCUT2D eigenvalue weighted by Gasteiger charge is -2.30. The molecule has 2 bridgehead atoms. The molecule has 224 valence electrons. The summed E-state index contributed by atoms with van der Waals surface area (Å²) in [6.07, 6.45) is 1.43. The quantitative estimate of drug-likeness (QED) is 0.204. The minimum Gasteiger partial charge on any atom is -0.489 e. The zero-order valence-corrected chi connectivity index (χ0v) is 24.6. The fourth-order valence-corrected chi connectivity index (χ4v) is 6.85. The molecule has 0 saturated carbocycles. The number of benzene rings is 2. The Kier molecular flexibility index (Phi) is 7.70. The zero-order valence-electron chi connectivity index (χ0n) is 23.0. The number of anilines is 2. The predicted octanol–water partition coefficient (Wildman–Crippen LogP) is 6.39. The van der Waals surface area contributed by atoms with Crippen LogP contribution in [0.4, 0.5) is 28.4 Å². The number of thiophene rings is 1. The van der Waals surface area contributed by atoms with Gasteiger partial charge in [-0.3, -0.25) is 0 Å². The fraction of sp³-hybridized carbons (Fsp3) is 0.345. The summed E-state index contributed by atoms with van der Waals surface area (Å²) in [7, 11) is 3.74. The highest BCUT2D eigenvalue weighted by Gasteiger charge is 2.38. The van der Waals surface area contributed by atoms with E-state index in [9.17, 15) is 18.4 Å². The number of hydrogen-bond donors (Lipinski definition) is 1. The second-order valence-corrected chi connectivity index (χ2v) is 12.0. The maximum atomic E-state index is 16.9. The number of nitrogens with two attached hydrogens (primary N) is 1. The largest absolute Gasteiger partial charge is 0.489 e. The molecule has 2 aromatic carbocycles. The van der Waals surface area contributed by atoms with E-state index in [-0.39, 0.29) is 71.8 Å². The van der Waals surface area contributed by atoms with Crippen LogP contribution in [0.1, 0.15) is 18.4 Å². The number of fused-ring (bicyclic) bond motifs is 2. The lowest BCUT2D eigenvalue weighted by atomic mass is 9.96. The van der Waals surface area contributed by atoms with Gasteiger partial charge >= 0.3 is 6.01 Å². The number of nitrogen functional groups attached to an aromatic ring is 1. The molecular formula is C29H25ClF4N6O2S. The Morgan fingerprint density at radius 2 is 2.02 bits per heavy atom. The molecule has 0 amide bonds. The van der Waals surface area contributed by atoms with E-state index < -0.39 is 36.8 Å². The first-order valence-corrected chi connectivity index (χ1v) is 14.6. The average Bonchev–Trinajstić information content (AvgIpc) is 3.19. The minimum absolute atomic E-state index is 0.00537. The maximum absolute atomic E-state index is 16.9. The molecule has 0 fully saturated rings. The van der Waals surface area contributed by atoms with E-state index in [4.69, 9.17) is 26.8 Å². The molecule has 6 rings (SSSR count). The second-order valence-electron chi connectivity index (χ2n) is 10.5. The van der Waals surface area contributed by atoms with Crippen LogP contribution in [-0.4, -0.2) is 67.2 Å². The highest BCUT2D eigenvalue weighted by atomic mass is 35.5. The van der Waals surface area contributed by atoms with Crippen molar-refractivity contribution in [2.24, 2.45) is 0 Å². The molecule has 0 radical (unpaired) electrons. The molecule has 2 N–H and O–H groups in total. The summed E-state index contributed by atoms with van der Waals surface area (Å²) in [5, 5.41) is 9.70. The first-order valence-electron chi connectivity index (χ1n) is 13.4. The van der Waals surface area contributed by atoms with Crippen LogP contribution in [0.2, 0.25) is 5.02 Å². The summed E-state index contributed by atoms with van der Waals surface area (Å²) in [4.78, 5) is 12.2. The van der Waals surface area contributed by atoms with Gasteiger partial charge in [0.2, 0.25) is 0 Å². The smallest absolute Gasteiger partial charge is 0.319 e. The van der Waals surface area contributed by atoms with Crippen LogP contribution < -0.4 is 20.1 Å². The van der Waals surface area contributed by atoms with E-state index in [0.717, 1.165) is 17.4 Å². The van der Waals surface area contributed by atoms with Crippen LogP contribution in [0.5, 0.6) is 11.8 Å². The van der Waals surface area contributed by atoms with Gasteiger partial charge in [-0.25, -0.2) is 17.6 Å². The van der Waals surface area contributed by atoms with Gasteiger partial charge in [0.1, 0.15) is 47.0 Å². The third kappa shape index (κ3) is 4.97. The van der Waals surface area contributed by atoms with Crippen molar-refractivity contribution in [2.75, 3.05) is 44.4 Å². The maximum Gasteiger partial charge on any atom is 0.319 e. The van der Waals surface area contributed by atoms with Crippen molar-refractivity contribution in [2.45, 2.75) is 31.4 Å². The lowest BCUT2D eigenvalue weighted by molar-refractivity contribution is 0.0866. The van der Waals surface area contributed by atoms with Gasteiger partial charge in [0.05, 0.1) is 20.7 Å². The number of likely N-dealkylation sites (N-methyl/N-ethyl adjacent to an activating group) is 1. The summed E-state index contributed by atoms with van der Waals surface area (Å²) >= 11 is 7.69. The molecule has 4 aromatic rings. The molecule has 1 unspecified atom stereocenters. The number of rotatable bonds is 4. The summed E-state index contributed by atoms with van der Waals surface area (Å²) in [6.45, 7) is 0.138. The van der Waals surface area contributed by atoms with E-state index in [2.05, 4.69) is 9.97 Å². The topological polar surface area (TPSA) is 101 Å². The van der Waals surface area contributed by atoms with Gasteiger partial charge in [-0.05, 0) is 32.1 Å². The average molecular weight is 633 g/mol. The Morgan fingerprint density at radius 3 is 2.74 bits per heavy atom. The molecule has 2 aliphatic heterocycles. The zero-order chi connectivity index (χ0) is 30.6. The Balaban J connectivity index is 1.69. The molecule has 2 aromatic heterocycles. The normalized spacial score (nSPS) is 18.6. The molecule has 43 heavy (non-hydrogen) atoms. The van der Waals surface area contributed by atoms with Gasteiger partial charge in [0, 0.05) is 30.5 Å². The third-order valence-corrected chi connectivity index (χ3v) is 8.83. The Hall–Kier alpha value is -3.86. The van der Waals surface area contributed by atoms with Crippen LogP contribution in [0.3, 0.4) is 0 Å². The number of nitrogens with zero attached hydrogens (tertiary/aromatic N) is 5. The molecule has 14 heteroatoms. The number of aromatic nitrogens is 2. The van der Waals surface area contributed by atoms with Crippen molar-refractivity contribution >= 4 is 54.7 Å². The SMILES string of the molecule is CN(C)CC1CC=CCCN2c3nc(nc4c(F)c(-c5ccc(F)c6sc(N)c(C#N)c56)c(Cl)c(c34)OC[C@@H]2C(F)F)O1. The van der Waals surface area contributed by atoms with E-state index >= 15 is 4.39 Å². The Bertz CT molecular complexity index is 1830. The van der Waals surface area contributed by atoms with Crippen molar-refractivity contribution in [1.29, 1.82) is 5.26 Å². The van der Waals surface area contributed by atoms with E-state index in [0.29, 0.717) is 19.4 Å². The lowest BCUT2D eigenvalue weighted by Crippen LogP contribution is -2.44. The molecule has 0 aliphatic carbocycles. The molecule has 8 nitrogen and oxygen atoms in total. The molecule has 2 aliphatic rings. The van der Waals surface area contributed by atoms with Crippen LogP contribution in [0.25, 0.3) is 32.1 Å². The first kappa shape index (κ1) is 29.2. The second kappa shape index (κ2) is 11.3. The summed E-state index contributed by atoms with van der Waals surface area (Å²) in [5.41, 5.74) is 5.54. The van der Waals surface area contributed by atoms with Crippen LogP contribution in [0, 0.1) is 23.0 Å². The van der Waals surface area contributed by atoms with Crippen molar-refractivity contribution < 1.29 is 27.0 Å². The number of halogens is 5. The highest BCUT2D eigenvalue weighted by molar-refractivity contribution is 7.23. The third-order valence-electron chi connectivity index (χ3n) is 7.45. The Labute approximate surface area is 252 Å². The van der Waals surface area contributed by atoms with Crippen molar-refractivity contribution in [3.8, 4) is 29.0 Å². The number of alkyl halides is 2. The molecule has 0 saturated heterocycles. The van der Waals surface area contributed by atoms with Gasteiger partial charge in [0.15, 0.2) is 11.6 Å². The predicted molar refractivity (Wildman–Crippen MR) is 158 cm³/mol. The van der Waals surface area contributed by atoms with Crippen LogP contribution in [-0.2, 0) is 0 Å². The standard InChI is InChI=1S/C29H25ClF4N6O2S/c1-39(2)11-13-6-4-3-5-9-40-17(26(33)34)12-41-24-20-23(37-29(42-13)38-28(20)40)22(32)19(21(24)30)14-7-8-16(31)25-18(14)15(10-35)27(36)43-25/h3-4,7-8,13,17,26H,5-6,9,11-12,36H2,1-2H3/t13?,17-/m1/s1. The van der Waals surface area contributed by atoms with Gasteiger partial charge in [0.25, 0.3) is 6.43 Å². The van der Waals surface area contributed by atoms with Crippen molar-refractivity contribution in [3.05, 3.63) is 46.5 Å². The van der Waals surface area contributed by atoms with Gasteiger partial charge in [-0.2, -0.15) is 15.2 Å². The summed E-state index contributed by atoms with van der Waals surface area (Å²) < 4.78 is 72.7. The van der Waals surface area contributed by atoms with Crippen LogP contribution >= 0.6 is 22.9 Å². The number of nitriles is 1. The van der Waals surface area contributed by atoms with Gasteiger partial charge < -0.3 is 25.0 Å². The fourth-order valence-electron chi connectivity index (χ4n) is 5.57. The van der Waals surface area contributed by atoms with Crippen molar-refractivity contribution in [1.82, 2.24) is 14.9 Å². The highest BCUT2D eigenvalue weighted by Crippen LogP contribution is 2.51. The molecular weight excluding hydrogens is 608 g/mol. The minimum atomic E-state index is -2.84. The van der Waals surface area contributed by atoms with E-state index in [1.807, 2.05) is 37.2 Å². The van der Waals surface area contributed by atoms with Gasteiger partial charge in [-0.15, -0.1) is 11.3 Å². The molecule has 0 spiro atoms. The first-order chi connectivity index (χ1) is 20.6. The molecule has 2 atom stereocenters. The number of hydrogen-bond acceptors (Lipinski definition) is 9. The number of ether oxygens (including phenoxy) is 2. The van der Waals surface area contributed by atoms with Crippen LogP contribution in [0.15, 0.2) is 24.3 Å². The monoisotopic (exact) mass is 632 g/mol. The van der Waals surface area contributed by atoms with Crippen molar-refractivity contribution in [3.63, 3.8) is 0 Å². The molecule has 4 heterocycles. The van der Waals surface area contributed by atoms with Gasteiger partial charge in [-0.1, -0.05) is 29.8 Å².